The van der Waals surface area contributed by atoms with Gasteiger partial charge in [0, 0.05) is 0 Å². The number of hydrogen-bond donors (Lipinski definition) is 0. The molecule has 0 radical (unpaired) electrons. The molecule has 0 saturated heterocycles. The Kier molecular flexibility index (Phi) is 6.01. The molecule has 0 amide bonds. The molecule has 0 aromatic heterocycles. The highest BCUT2D eigenvalue weighted by atomic mass is 32.3. The van der Waals surface area contributed by atoms with Crippen molar-refractivity contribution in [3.8, 4) is 0 Å². The van der Waals surface area contributed by atoms with Crippen molar-refractivity contribution in [1.82, 2.24) is 4.90 Å². The Hall–Kier alpha value is 0.590. The first kappa shape index (κ1) is 15.6. The first-order valence-corrected chi connectivity index (χ1v) is 5.52. The molecule has 0 saturated carbocycles. The second kappa shape index (κ2) is 5.78. The summed E-state index contributed by atoms with van der Waals surface area (Å²) in [5.41, 5.74) is 0. The molecule has 1 atom stereocenters. The maximum absolute atomic E-state index is 13.2. The second-order valence-electron chi connectivity index (χ2n) is 2.68. The average Bonchev–Trinajstić information content (AvgIpc) is 2.20. The lowest BCUT2D eigenvalue weighted by molar-refractivity contribution is -0.169. The Morgan fingerprint density at radius 2 is 1.33 bits per heavy atom. The van der Waals surface area contributed by atoms with E-state index in [0.29, 0.717) is 0 Å². The van der Waals surface area contributed by atoms with Crippen LogP contribution in [0.15, 0.2) is 0 Å². The van der Waals surface area contributed by atoms with Crippen LogP contribution < -0.4 is 0 Å². The quantitative estimate of drug-likeness (QED) is 0.413. The van der Waals surface area contributed by atoms with Gasteiger partial charge in [-0.2, -0.15) is 20.4 Å². The zero-order chi connectivity index (χ0) is 12.3. The lowest BCUT2D eigenvalue weighted by Crippen LogP contribution is -2.51. The van der Waals surface area contributed by atoms with Crippen molar-refractivity contribution in [3.63, 3.8) is 0 Å². The minimum Gasteiger partial charge on any atom is -0.248 e. The van der Waals surface area contributed by atoms with Crippen LogP contribution >= 0.6 is 36.4 Å². The number of halogens is 6. The predicted octanol–water partition coefficient (Wildman–Crippen LogP) is 3.99. The van der Waals surface area contributed by atoms with E-state index in [-0.39, 0.29) is 4.90 Å². The molecule has 1 unspecified atom stereocenters. The molecule has 15 heavy (non-hydrogen) atoms. The minimum absolute atomic E-state index is 0.120. The third kappa shape index (κ3) is 3.04. The molecule has 0 aliphatic rings. The lowest BCUT2D eigenvalue weighted by Gasteiger charge is -2.33. The van der Waals surface area contributed by atoms with E-state index in [0.717, 1.165) is 14.1 Å². The van der Waals surface area contributed by atoms with Gasteiger partial charge in [0.2, 0.25) is 9.58 Å². The van der Waals surface area contributed by atoms with E-state index in [9.17, 15) is 24.8 Å². The molecule has 0 spiro atoms. The topological polar surface area (TPSA) is 3.24 Å². The summed E-state index contributed by atoms with van der Waals surface area (Å²) < 4.78 is 72.5. The Morgan fingerprint density at radius 3 is 1.53 bits per heavy atom. The van der Waals surface area contributed by atoms with E-state index in [2.05, 4.69) is 0 Å². The Balaban J connectivity index is 5.01. The Morgan fingerprint density at radius 1 is 1.00 bits per heavy atom. The van der Waals surface area contributed by atoms with Crippen molar-refractivity contribution in [2.45, 2.75) is 15.6 Å². The molecule has 0 fully saturated rings. The summed E-state index contributed by atoms with van der Waals surface area (Å²) in [6.07, 6.45) is -3.35. The van der Waals surface area contributed by atoms with Gasteiger partial charge in [0.25, 0.3) is 0 Å². The van der Waals surface area contributed by atoms with Crippen molar-refractivity contribution in [2.75, 3.05) is 14.1 Å². The fourth-order valence-corrected chi connectivity index (χ4v) is 1.54. The van der Waals surface area contributed by atoms with Crippen molar-refractivity contribution in [2.24, 2.45) is 0 Å². The van der Waals surface area contributed by atoms with E-state index in [4.69, 9.17) is 0 Å². The van der Waals surface area contributed by atoms with Crippen LogP contribution in [-0.2, 0) is 0 Å². The van der Waals surface area contributed by atoms with Crippen LogP contribution in [0.1, 0.15) is 0 Å². The van der Waals surface area contributed by atoms with Gasteiger partial charge in [-0.1, -0.05) is 0 Å². The normalized spacial score (nSPS) is 15.8. The zero-order valence-electron chi connectivity index (χ0n) is 7.52. The molecule has 0 heterocycles. The van der Waals surface area contributed by atoms with Gasteiger partial charge in [-0.15, -0.1) is 0 Å². The maximum Gasteiger partial charge on any atom is 0.338 e. The lowest BCUT2D eigenvalue weighted by atomic mass is 10.3. The number of hydrogen-bond acceptors (Lipinski definition) is 4. The summed E-state index contributed by atoms with van der Waals surface area (Å²) in [7, 11) is 1.62. The molecule has 0 aromatic carbocycles. The molecular formula is C5H7F6NS3. The first-order chi connectivity index (χ1) is 6.78. The van der Waals surface area contributed by atoms with E-state index in [1.54, 1.807) is 0 Å². The fraction of sp³-hybridized carbons (Fsp3) is 1.00. The Bertz CT molecular complexity index is 191. The summed E-state index contributed by atoms with van der Waals surface area (Å²) in [6, 6.07) is -4.17. The smallest absolute Gasteiger partial charge is 0.248 e. The number of nitrogens with zero attached hydrogens (tertiary/aromatic N) is 1. The summed E-state index contributed by atoms with van der Waals surface area (Å²) in [5.74, 6) is 0. The molecular weight excluding hydrogens is 284 g/mol. The van der Waals surface area contributed by atoms with Crippen LogP contribution in [0.2, 0.25) is 0 Å². The van der Waals surface area contributed by atoms with Gasteiger partial charge in [0.05, 0.1) is 36.4 Å². The second-order valence-corrected chi connectivity index (χ2v) is 5.85. The summed E-state index contributed by atoms with van der Waals surface area (Å²) in [4.78, 5) is 0.120. The van der Waals surface area contributed by atoms with Gasteiger partial charge < -0.3 is 0 Å². The largest absolute Gasteiger partial charge is 0.338 e. The van der Waals surface area contributed by atoms with Crippen molar-refractivity contribution in [3.05, 3.63) is 0 Å². The number of rotatable bonds is 6. The highest BCUT2D eigenvalue weighted by molar-refractivity contribution is 8.29. The van der Waals surface area contributed by atoms with Crippen LogP contribution in [0.4, 0.5) is 24.8 Å². The molecule has 92 valence electrons. The van der Waals surface area contributed by atoms with Crippen LogP contribution in [0.5, 0.6) is 0 Å². The van der Waals surface area contributed by atoms with Crippen molar-refractivity contribution in [1.29, 1.82) is 0 Å². The van der Waals surface area contributed by atoms with E-state index in [1.165, 1.54) is 0 Å². The van der Waals surface area contributed by atoms with Crippen molar-refractivity contribution >= 4 is 36.4 Å². The molecule has 0 aromatic rings. The van der Waals surface area contributed by atoms with E-state index >= 15 is 0 Å². The van der Waals surface area contributed by atoms with Gasteiger partial charge in [-0.05, 0) is 14.1 Å². The molecule has 0 aliphatic heterocycles. The van der Waals surface area contributed by atoms with E-state index in [1.807, 2.05) is 0 Å². The zero-order valence-corrected chi connectivity index (χ0v) is 9.97. The average molecular weight is 291 g/mol. The Labute approximate surface area is 96.2 Å². The van der Waals surface area contributed by atoms with Crippen molar-refractivity contribution < 1.29 is 24.8 Å². The van der Waals surface area contributed by atoms with Gasteiger partial charge in [0.15, 0.2) is 0 Å². The van der Waals surface area contributed by atoms with Gasteiger partial charge >= 0.3 is 6.05 Å². The third-order valence-corrected chi connectivity index (χ3v) is 3.93. The molecule has 0 bridgehead atoms. The first-order valence-electron chi connectivity index (χ1n) is 3.37. The highest BCUT2D eigenvalue weighted by Crippen LogP contribution is 2.55. The monoisotopic (exact) mass is 291 g/mol. The SMILES string of the molecule is CN(C)C(F)(F)C(F)C(SF)(SF)SF. The summed E-state index contributed by atoms with van der Waals surface area (Å²) >= 11 is -3.41. The minimum atomic E-state index is -4.17. The third-order valence-electron chi connectivity index (χ3n) is 1.53. The van der Waals surface area contributed by atoms with Crippen LogP contribution in [-0.4, -0.2) is 34.6 Å². The van der Waals surface area contributed by atoms with Gasteiger partial charge in [0.1, 0.15) is 0 Å². The van der Waals surface area contributed by atoms with E-state index < -0.39 is 52.1 Å². The number of alkyl halides is 3. The highest BCUT2D eigenvalue weighted by Gasteiger charge is 2.59. The van der Waals surface area contributed by atoms with Gasteiger partial charge in [-0.3, -0.25) is 0 Å². The standard InChI is InChI=1S/C5H7F6NS3/c1-12(2)4(7,8)3(6)5(13-9,14-10)15-11/h3H,1-2H3. The fourth-order valence-electron chi connectivity index (χ4n) is 0.592. The molecule has 0 aliphatic carbocycles. The maximum atomic E-state index is 13.2. The van der Waals surface area contributed by atoms with Gasteiger partial charge in [-0.25, -0.2) is 9.29 Å². The predicted molar refractivity (Wildman–Crippen MR) is 52.4 cm³/mol. The molecule has 0 rings (SSSR count). The van der Waals surface area contributed by atoms with Crippen LogP contribution in [0.25, 0.3) is 0 Å². The van der Waals surface area contributed by atoms with Crippen LogP contribution in [0, 0.1) is 0 Å². The molecule has 10 heteroatoms. The summed E-state index contributed by atoms with van der Waals surface area (Å²) in [6.45, 7) is 0. The molecule has 0 N–H and O–H groups in total. The molecule has 1 nitrogen and oxygen atoms in total. The van der Waals surface area contributed by atoms with Crippen LogP contribution in [0.3, 0.4) is 0 Å². The summed E-state index contributed by atoms with van der Waals surface area (Å²) in [5, 5.41) is 0.